The number of rotatable bonds is 4. The number of nitrogens with two attached hydrogens (primary N) is 1. The van der Waals surface area contributed by atoms with Gasteiger partial charge in [0, 0.05) is 6.54 Å². The minimum atomic E-state index is -0.733. The summed E-state index contributed by atoms with van der Waals surface area (Å²) >= 11 is 0. The van der Waals surface area contributed by atoms with Crippen molar-refractivity contribution in [2.75, 3.05) is 6.54 Å². The van der Waals surface area contributed by atoms with E-state index in [2.05, 4.69) is 33.0 Å². The average molecular weight is 226 g/mol. The predicted molar refractivity (Wildman–Crippen MR) is 66.9 cm³/mol. The molecule has 3 N–H and O–H groups in total. The lowest BCUT2D eigenvalue weighted by molar-refractivity contribution is -0.126. The maximum Gasteiger partial charge on any atom is 0.239 e. The molecule has 1 fully saturated rings. The molecule has 0 aromatic rings. The molecular weight excluding hydrogens is 200 g/mol. The monoisotopic (exact) mass is 226 g/mol. The standard InChI is InChI=1S/C13H26N2O/c1-7-13(6,14)10(16)15-8-9-11(2,3)12(9,4)5/h9H,7-8,14H2,1-6H3,(H,15,16). The van der Waals surface area contributed by atoms with E-state index in [4.69, 9.17) is 5.73 Å². The lowest BCUT2D eigenvalue weighted by atomic mass is 9.99. The summed E-state index contributed by atoms with van der Waals surface area (Å²) in [7, 11) is 0. The van der Waals surface area contributed by atoms with Crippen molar-refractivity contribution in [3.8, 4) is 0 Å². The van der Waals surface area contributed by atoms with Crippen LogP contribution in [0, 0.1) is 16.7 Å². The van der Waals surface area contributed by atoms with Crippen molar-refractivity contribution in [3.63, 3.8) is 0 Å². The fraction of sp³-hybridized carbons (Fsp3) is 0.923. The number of hydrogen-bond donors (Lipinski definition) is 2. The quantitative estimate of drug-likeness (QED) is 0.769. The van der Waals surface area contributed by atoms with Gasteiger partial charge in [0.15, 0.2) is 0 Å². The number of nitrogens with one attached hydrogen (secondary N) is 1. The third kappa shape index (κ3) is 1.97. The van der Waals surface area contributed by atoms with Crippen molar-refractivity contribution in [1.29, 1.82) is 0 Å². The molecule has 1 aliphatic rings. The van der Waals surface area contributed by atoms with Crippen molar-refractivity contribution in [2.24, 2.45) is 22.5 Å². The molecule has 0 saturated heterocycles. The average Bonchev–Trinajstić information content (AvgIpc) is 2.54. The second-order valence-corrected chi connectivity index (χ2v) is 6.48. The van der Waals surface area contributed by atoms with Gasteiger partial charge in [0.05, 0.1) is 5.54 Å². The van der Waals surface area contributed by atoms with Gasteiger partial charge in [-0.05, 0) is 30.1 Å². The fourth-order valence-corrected chi connectivity index (χ4v) is 2.40. The highest BCUT2D eigenvalue weighted by molar-refractivity contribution is 5.85. The van der Waals surface area contributed by atoms with Gasteiger partial charge in [0.2, 0.25) is 5.91 Å². The number of carbonyl (C=O) groups is 1. The molecule has 3 heteroatoms. The van der Waals surface area contributed by atoms with Crippen LogP contribution in [0.15, 0.2) is 0 Å². The molecule has 1 unspecified atom stereocenters. The Morgan fingerprint density at radius 3 is 2.06 bits per heavy atom. The maximum atomic E-state index is 11.8. The van der Waals surface area contributed by atoms with E-state index in [1.807, 2.05) is 6.92 Å². The number of carbonyl (C=O) groups excluding carboxylic acids is 1. The third-order valence-corrected chi connectivity index (χ3v) is 5.04. The molecule has 0 heterocycles. The smallest absolute Gasteiger partial charge is 0.239 e. The van der Waals surface area contributed by atoms with Crippen LogP contribution >= 0.6 is 0 Å². The minimum Gasteiger partial charge on any atom is -0.354 e. The molecule has 1 atom stereocenters. The second-order valence-electron chi connectivity index (χ2n) is 6.48. The molecule has 0 aromatic carbocycles. The van der Waals surface area contributed by atoms with Crippen LogP contribution in [0.3, 0.4) is 0 Å². The van der Waals surface area contributed by atoms with Crippen LogP contribution in [0.25, 0.3) is 0 Å². The largest absolute Gasteiger partial charge is 0.354 e. The molecule has 0 radical (unpaired) electrons. The Morgan fingerprint density at radius 1 is 1.31 bits per heavy atom. The van der Waals surface area contributed by atoms with E-state index in [0.29, 0.717) is 23.2 Å². The zero-order chi connectivity index (χ0) is 12.8. The third-order valence-electron chi connectivity index (χ3n) is 5.04. The van der Waals surface area contributed by atoms with Gasteiger partial charge in [0.25, 0.3) is 0 Å². The van der Waals surface area contributed by atoms with Crippen LogP contribution < -0.4 is 11.1 Å². The molecule has 1 saturated carbocycles. The zero-order valence-electron chi connectivity index (χ0n) is 11.5. The van der Waals surface area contributed by atoms with Gasteiger partial charge in [-0.3, -0.25) is 4.79 Å². The van der Waals surface area contributed by atoms with Gasteiger partial charge < -0.3 is 11.1 Å². The van der Waals surface area contributed by atoms with Crippen molar-refractivity contribution in [2.45, 2.75) is 53.5 Å². The van der Waals surface area contributed by atoms with Gasteiger partial charge in [-0.25, -0.2) is 0 Å². The molecule has 1 rings (SSSR count). The summed E-state index contributed by atoms with van der Waals surface area (Å²) in [6.45, 7) is 13.5. The molecule has 0 aliphatic heterocycles. The van der Waals surface area contributed by atoms with E-state index in [1.54, 1.807) is 6.92 Å². The minimum absolute atomic E-state index is 0.0338. The highest BCUT2D eigenvalue weighted by atomic mass is 16.2. The van der Waals surface area contributed by atoms with Crippen molar-refractivity contribution < 1.29 is 4.79 Å². The highest BCUT2D eigenvalue weighted by Gasteiger charge is 2.64. The van der Waals surface area contributed by atoms with Crippen molar-refractivity contribution in [1.82, 2.24) is 5.32 Å². The maximum absolute atomic E-state index is 11.8. The van der Waals surface area contributed by atoms with Gasteiger partial charge >= 0.3 is 0 Å². The summed E-state index contributed by atoms with van der Waals surface area (Å²) in [5, 5.41) is 2.98. The summed E-state index contributed by atoms with van der Waals surface area (Å²) in [6.07, 6.45) is 0.663. The Hall–Kier alpha value is -0.570. The lowest BCUT2D eigenvalue weighted by Gasteiger charge is -2.21. The molecule has 0 aromatic heterocycles. The van der Waals surface area contributed by atoms with Crippen LogP contribution in [0.1, 0.15) is 48.0 Å². The Balaban J connectivity index is 2.47. The first-order chi connectivity index (χ1) is 7.07. The normalized spacial score (nSPS) is 25.9. The highest BCUT2D eigenvalue weighted by Crippen LogP contribution is 2.67. The van der Waals surface area contributed by atoms with Gasteiger partial charge in [-0.1, -0.05) is 34.6 Å². The first kappa shape index (κ1) is 13.5. The van der Waals surface area contributed by atoms with Gasteiger partial charge in [-0.2, -0.15) is 0 Å². The van der Waals surface area contributed by atoms with Crippen LogP contribution in [-0.4, -0.2) is 18.0 Å². The SMILES string of the molecule is CCC(C)(N)C(=O)NCC1C(C)(C)C1(C)C. The molecule has 94 valence electrons. The van der Waals surface area contributed by atoms with Crippen LogP contribution in [0.5, 0.6) is 0 Å². The van der Waals surface area contributed by atoms with E-state index in [9.17, 15) is 4.79 Å². The molecular formula is C13H26N2O. The number of amides is 1. The molecule has 0 bridgehead atoms. The van der Waals surface area contributed by atoms with Crippen molar-refractivity contribution >= 4 is 5.91 Å². The first-order valence-corrected chi connectivity index (χ1v) is 6.14. The summed E-state index contributed by atoms with van der Waals surface area (Å²) in [4.78, 5) is 11.8. The van der Waals surface area contributed by atoms with Crippen molar-refractivity contribution in [3.05, 3.63) is 0 Å². The van der Waals surface area contributed by atoms with Gasteiger partial charge in [0.1, 0.15) is 0 Å². The summed E-state index contributed by atoms with van der Waals surface area (Å²) < 4.78 is 0. The summed E-state index contributed by atoms with van der Waals surface area (Å²) in [6, 6.07) is 0. The lowest BCUT2D eigenvalue weighted by Crippen LogP contribution is -2.51. The van der Waals surface area contributed by atoms with Crippen LogP contribution in [0.4, 0.5) is 0 Å². The Labute approximate surface area is 99.2 Å². The van der Waals surface area contributed by atoms with E-state index >= 15 is 0 Å². The van der Waals surface area contributed by atoms with E-state index in [-0.39, 0.29) is 5.91 Å². The first-order valence-electron chi connectivity index (χ1n) is 6.14. The Bertz CT molecular complexity index is 278. The Kier molecular flexibility index (Phi) is 3.14. The Morgan fingerprint density at radius 2 is 1.75 bits per heavy atom. The van der Waals surface area contributed by atoms with Crippen LogP contribution in [0.2, 0.25) is 0 Å². The van der Waals surface area contributed by atoms with E-state index in [1.165, 1.54) is 0 Å². The fourth-order valence-electron chi connectivity index (χ4n) is 2.40. The van der Waals surface area contributed by atoms with E-state index in [0.717, 1.165) is 6.54 Å². The predicted octanol–water partition coefficient (Wildman–Crippen LogP) is 1.91. The number of hydrogen-bond acceptors (Lipinski definition) is 2. The molecule has 3 nitrogen and oxygen atoms in total. The molecule has 16 heavy (non-hydrogen) atoms. The molecule has 0 spiro atoms. The van der Waals surface area contributed by atoms with Gasteiger partial charge in [-0.15, -0.1) is 0 Å². The van der Waals surface area contributed by atoms with E-state index < -0.39 is 5.54 Å². The molecule has 1 aliphatic carbocycles. The topological polar surface area (TPSA) is 55.1 Å². The van der Waals surface area contributed by atoms with Crippen LogP contribution in [-0.2, 0) is 4.79 Å². The summed E-state index contributed by atoms with van der Waals surface area (Å²) in [5.41, 5.74) is 5.79. The zero-order valence-corrected chi connectivity index (χ0v) is 11.5. The molecule has 1 amide bonds. The second kappa shape index (κ2) is 3.73. The summed E-state index contributed by atoms with van der Waals surface area (Å²) in [5.74, 6) is 0.519.